The molecule has 0 amide bonds. The lowest BCUT2D eigenvalue weighted by Crippen LogP contribution is -2.10. The van der Waals surface area contributed by atoms with E-state index in [1.165, 1.54) is 17.7 Å². The number of aromatic nitrogens is 3. The second kappa shape index (κ2) is 6.47. The van der Waals surface area contributed by atoms with Gasteiger partial charge in [-0.05, 0) is 16.5 Å². The third-order valence-electron chi connectivity index (χ3n) is 4.06. The van der Waals surface area contributed by atoms with Crippen LogP contribution in [0.1, 0.15) is 37.7 Å². The number of aromatic amines is 1. The lowest BCUT2D eigenvalue weighted by molar-refractivity contribution is -0.384. The van der Waals surface area contributed by atoms with Crippen molar-refractivity contribution in [2.75, 3.05) is 0 Å². The van der Waals surface area contributed by atoms with Crippen LogP contribution in [0, 0.1) is 10.1 Å². The lowest BCUT2D eigenvalue weighted by Gasteiger charge is -2.18. The van der Waals surface area contributed by atoms with Crippen LogP contribution < -0.4 is 0 Å². The summed E-state index contributed by atoms with van der Waals surface area (Å²) in [6, 6.07) is 14.7. The molecule has 0 atom stereocenters. The maximum Gasteiger partial charge on any atom is 0.269 e. The zero-order valence-corrected chi connectivity index (χ0v) is 14.5. The Labute approximate surface area is 146 Å². The molecule has 6 nitrogen and oxygen atoms in total. The van der Waals surface area contributed by atoms with E-state index >= 15 is 0 Å². The Hall–Kier alpha value is -3.02. The van der Waals surface area contributed by atoms with E-state index in [-0.39, 0.29) is 11.1 Å². The average molecular weight is 336 g/mol. The molecule has 1 N–H and O–H groups in total. The van der Waals surface area contributed by atoms with Gasteiger partial charge in [0.1, 0.15) is 5.82 Å². The normalized spacial score (nSPS) is 11.5. The molecule has 0 saturated heterocycles. The lowest BCUT2D eigenvalue weighted by atomic mass is 9.87. The number of hydrogen-bond acceptors (Lipinski definition) is 4. The molecule has 0 fully saturated rings. The van der Waals surface area contributed by atoms with Gasteiger partial charge < -0.3 is 0 Å². The highest BCUT2D eigenvalue weighted by Crippen LogP contribution is 2.25. The number of nitrogens with one attached hydrogen (secondary N) is 1. The van der Waals surface area contributed by atoms with Gasteiger partial charge in [-0.25, -0.2) is 4.98 Å². The van der Waals surface area contributed by atoms with Gasteiger partial charge in [0.25, 0.3) is 5.69 Å². The third-order valence-corrected chi connectivity index (χ3v) is 4.06. The van der Waals surface area contributed by atoms with Gasteiger partial charge >= 0.3 is 0 Å². The standard InChI is InChI=1S/C19H20N4O2/c1-19(2,3)15-8-6-14(7-9-15)18-20-17(21-22-18)12-13-4-10-16(11-5-13)23(24)25/h4-11H,12H2,1-3H3,(H,20,21,22). The van der Waals surface area contributed by atoms with E-state index < -0.39 is 4.92 Å². The van der Waals surface area contributed by atoms with Crippen molar-refractivity contribution in [2.45, 2.75) is 32.6 Å². The fourth-order valence-electron chi connectivity index (χ4n) is 2.55. The molecule has 0 bridgehead atoms. The molecule has 25 heavy (non-hydrogen) atoms. The van der Waals surface area contributed by atoms with Gasteiger partial charge in [0, 0.05) is 24.1 Å². The van der Waals surface area contributed by atoms with Crippen molar-refractivity contribution in [3.8, 4) is 11.4 Å². The highest BCUT2D eigenvalue weighted by molar-refractivity contribution is 5.55. The molecule has 0 aliphatic heterocycles. The first-order valence-electron chi connectivity index (χ1n) is 8.08. The topological polar surface area (TPSA) is 84.7 Å². The fourth-order valence-corrected chi connectivity index (χ4v) is 2.55. The first-order valence-corrected chi connectivity index (χ1v) is 8.08. The molecule has 2 aromatic carbocycles. The largest absolute Gasteiger partial charge is 0.269 e. The number of non-ortho nitro benzene ring substituents is 1. The molecule has 0 unspecified atom stereocenters. The smallest absolute Gasteiger partial charge is 0.262 e. The van der Waals surface area contributed by atoms with Crippen LogP contribution in [0.4, 0.5) is 5.69 Å². The number of hydrogen-bond donors (Lipinski definition) is 1. The number of H-pyrrole nitrogens is 1. The number of nitro groups is 1. The van der Waals surface area contributed by atoms with Crippen LogP contribution in [0.5, 0.6) is 0 Å². The Bertz CT molecular complexity index is 875. The fraction of sp³-hybridized carbons (Fsp3) is 0.263. The van der Waals surface area contributed by atoms with Crippen LogP contribution >= 0.6 is 0 Å². The van der Waals surface area contributed by atoms with Crippen molar-refractivity contribution in [1.29, 1.82) is 0 Å². The molecule has 3 aromatic rings. The Morgan fingerprint density at radius 2 is 1.68 bits per heavy atom. The van der Waals surface area contributed by atoms with E-state index in [0.29, 0.717) is 12.2 Å². The zero-order valence-electron chi connectivity index (χ0n) is 14.5. The quantitative estimate of drug-likeness (QED) is 0.569. The van der Waals surface area contributed by atoms with Gasteiger partial charge in [0.2, 0.25) is 0 Å². The summed E-state index contributed by atoms with van der Waals surface area (Å²) in [5, 5.41) is 17.9. The van der Waals surface area contributed by atoms with Crippen LogP contribution in [0.15, 0.2) is 48.5 Å². The predicted molar refractivity (Wildman–Crippen MR) is 96.4 cm³/mol. The SMILES string of the molecule is CC(C)(C)c1ccc(-c2n[nH]c(Cc3ccc([N+](=O)[O-])cc3)n2)cc1. The Kier molecular flexibility index (Phi) is 4.35. The third kappa shape index (κ3) is 3.91. The Morgan fingerprint density at radius 1 is 1.04 bits per heavy atom. The molecule has 3 rings (SSSR count). The van der Waals surface area contributed by atoms with Gasteiger partial charge in [-0.3, -0.25) is 15.2 Å². The molecule has 1 aromatic heterocycles. The van der Waals surface area contributed by atoms with Crippen LogP contribution in [0.25, 0.3) is 11.4 Å². The highest BCUT2D eigenvalue weighted by atomic mass is 16.6. The summed E-state index contributed by atoms with van der Waals surface area (Å²) in [5.41, 5.74) is 3.35. The predicted octanol–water partition coefficient (Wildman–Crippen LogP) is 4.27. The van der Waals surface area contributed by atoms with Crippen molar-refractivity contribution in [3.05, 3.63) is 75.6 Å². The summed E-state index contributed by atoms with van der Waals surface area (Å²) in [4.78, 5) is 14.8. The van der Waals surface area contributed by atoms with Crippen LogP contribution in [0.2, 0.25) is 0 Å². The van der Waals surface area contributed by atoms with E-state index in [2.05, 4.69) is 48.1 Å². The summed E-state index contributed by atoms with van der Waals surface area (Å²) >= 11 is 0. The molecule has 0 saturated carbocycles. The van der Waals surface area contributed by atoms with Gasteiger partial charge in [0.15, 0.2) is 5.82 Å². The van der Waals surface area contributed by atoms with Crippen LogP contribution in [-0.4, -0.2) is 20.1 Å². The van der Waals surface area contributed by atoms with Gasteiger partial charge in [0.05, 0.1) is 4.92 Å². The average Bonchev–Trinajstić information content (AvgIpc) is 3.03. The van der Waals surface area contributed by atoms with Crippen LogP contribution in [0.3, 0.4) is 0 Å². The molecule has 0 radical (unpaired) electrons. The minimum Gasteiger partial charge on any atom is -0.262 e. The molecular formula is C19H20N4O2. The van der Waals surface area contributed by atoms with E-state index in [0.717, 1.165) is 17.0 Å². The minimum atomic E-state index is -0.405. The number of nitrogens with zero attached hydrogens (tertiary/aromatic N) is 3. The van der Waals surface area contributed by atoms with E-state index in [1.807, 2.05) is 12.1 Å². The molecule has 128 valence electrons. The molecule has 0 aliphatic carbocycles. The van der Waals surface area contributed by atoms with Crippen LogP contribution in [-0.2, 0) is 11.8 Å². The van der Waals surface area contributed by atoms with E-state index in [1.54, 1.807) is 12.1 Å². The van der Waals surface area contributed by atoms with E-state index in [9.17, 15) is 10.1 Å². The van der Waals surface area contributed by atoms with Crippen molar-refractivity contribution in [3.63, 3.8) is 0 Å². The molecule has 6 heteroatoms. The van der Waals surface area contributed by atoms with E-state index in [4.69, 9.17) is 0 Å². The monoisotopic (exact) mass is 336 g/mol. The first-order chi connectivity index (χ1) is 11.8. The summed E-state index contributed by atoms with van der Waals surface area (Å²) < 4.78 is 0. The summed E-state index contributed by atoms with van der Waals surface area (Å²) in [6.07, 6.45) is 0.547. The van der Waals surface area contributed by atoms with Crippen molar-refractivity contribution >= 4 is 5.69 Å². The first kappa shape index (κ1) is 16.8. The molecule has 0 spiro atoms. The summed E-state index contributed by atoms with van der Waals surface area (Å²) in [5.74, 6) is 1.38. The minimum absolute atomic E-state index is 0.0842. The number of nitro benzene ring substituents is 1. The number of benzene rings is 2. The van der Waals surface area contributed by atoms with Gasteiger partial charge in [-0.1, -0.05) is 57.2 Å². The molecule has 0 aliphatic rings. The van der Waals surface area contributed by atoms with Crippen molar-refractivity contribution in [2.24, 2.45) is 0 Å². The zero-order chi connectivity index (χ0) is 18.0. The summed E-state index contributed by atoms with van der Waals surface area (Å²) in [6.45, 7) is 6.53. The molecule has 1 heterocycles. The van der Waals surface area contributed by atoms with Crippen molar-refractivity contribution in [1.82, 2.24) is 15.2 Å². The second-order valence-corrected chi connectivity index (χ2v) is 7.03. The van der Waals surface area contributed by atoms with Gasteiger partial charge in [-0.15, -0.1) is 0 Å². The van der Waals surface area contributed by atoms with Crippen molar-refractivity contribution < 1.29 is 4.92 Å². The highest BCUT2D eigenvalue weighted by Gasteiger charge is 2.14. The summed E-state index contributed by atoms with van der Waals surface area (Å²) in [7, 11) is 0. The maximum atomic E-state index is 10.7. The second-order valence-electron chi connectivity index (χ2n) is 7.03. The van der Waals surface area contributed by atoms with Gasteiger partial charge in [-0.2, -0.15) is 5.10 Å². The molecular weight excluding hydrogens is 316 g/mol. The number of rotatable bonds is 4. The Balaban J connectivity index is 1.75. The maximum absolute atomic E-state index is 10.7. The Morgan fingerprint density at radius 3 is 2.24 bits per heavy atom.